The Kier molecular flexibility index (Phi) is 4.56. The summed E-state index contributed by atoms with van der Waals surface area (Å²) >= 11 is 1.62. The molecule has 27 heavy (non-hydrogen) atoms. The van der Waals surface area contributed by atoms with Crippen LogP contribution in [0.15, 0.2) is 60.8 Å². The molecule has 0 aliphatic heterocycles. The normalized spacial score (nSPS) is 10.7. The largest absolute Gasteiger partial charge is 0.496 e. The van der Waals surface area contributed by atoms with Crippen molar-refractivity contribution in [2.45, 2.75) is 6.92 Å². The number of ether oxygens (including phenoxy) is 1. The van der Waals surface area contributed by atoms with Crippen molar-refractivity contribution < 1.29 is 9.53 Å². The Bertz CT molecular complexity index is 1090. The third-order valence-corrected chi connectivity index (χ3v) is 5.30. The smallest absolute Gasteiger partial charge is 0.256 e. The summed E-state index contributed by atoms with van der Waals surface area (Å²) in [6, 6.07) is 17.1. The lowest BCUT2D eigenvalue weighted by molar-refractivity contribution is 0.102. The maximum atomic E-state index is 12.4. The number of methoxy groups -OCH3 is 1. The molecule has 0 bridgehead atoms. The van der Waals surface area contributed by atoms with Crippen LogP contribution in [-0.2, 0) is 0 Å². The first-order valence-corrected chi connectivity index (χ1v) is 9.24. The van der Waals surface area contributed by atoms with E-state index in [1.54, 1.807) is 42.8 Å². The van der Waals surface area contributed by atoms with Crippen LogP contribution in [0.2, 0.25) is 0 Å². The van der Waals surface area contributed by atoms with E-state index < -0.39 is 0 Å². The van der Waals surface area contributed by atoms with Gasteiger partial charge in [0.2, 0.25) is 0 Å². The van der Waals surface area contributed by atoms with Crippen LogP contribution in [0.1, 0.15) is 15.9 Å². The van der Waals surface area contributed by atoms with E-state index in [-0.39, 0.29) is 5.91 Å². The average molecular weight is 375 g/mol. The number of amides is 1. The molecule has 0 aliphatic rings. The van der Waals surface area contributed by atoms with E-state index in [9.17, 15) is 4.79 Å². The number of anilines is 1. The predicted molar refractivity (Wildman–Crippen MR) is 109 cm³/mol. The number of thiazole rings is 1. The van der Waals surface area contributed by atoms with Gasteiger partial charge >= 0.3 is 0 Å². The molecule has 2 heterocycles. The fourth-order valence-electron chi connectivity index (χ4n) is 2.74. The molecule has 0 atom stereocenters. The Balaban J connectivity index is 1.53. The van der Waals surface area contributed by atoms with Gasteiger partial charge in [-0.25, -0.2) is 9.97 Å². The van der Waals surface area contributed by atoms with Crippen molar-refractivity contribution in [2.24, 2.45) is 0 Å². The lowest BCUT2D eigenvalue weighted by atomic mass is 10.1. The van der Waals surface area contributed by atoms with Crippen molar-refractivity contribution in [2.75, 3.05) is 12.4 Å². The Morgan fingerprint density at radius 2 is 1.96 bits per heavy atom. The zero-order chi connectivity index (χ0) is 18.8. The van der Waals surface area contributed by atoms with Gasteiger partial charge in [0.15, 0.2) is 0 Å². The SMILES string of the molecule is COc1cc(C(=O)Nc2ccc(-c3nc4ccccc4s3)cn2)ccc1C. The molecule has 2 aromatic heterocycles. The van der Waals surface area contributed by atoms with Gasteiger partial charge in [-0.2, -0.15) is 0 Å². The minimum absolute atomic E-state index is 0.228. The monoisotopic (exact) mass is 375 g/mol. The van der Waals surface area contributed by atoms with Gasteiger partial charge in [0.25, 0.3) is 5.91 Å². The molecule has 0 fully saturated rings. The number of fused-ring (bicyclic) bond motifs is 1. The van der Waals surface area contributed by atoms with E-state index in [0.29, 0.717) is 17.1 Å². The van der Waals surface area contributed by atoms with Crippen LogP contribution < -0.4 is 10.1 Å². The number of hydrogen-bond acceptors (Lipinski definition) is 5. The van der Waals surface area contributed by atoms with E-state index in [1.165, 1.54) is 0 Å². The van der Waals surface area contributed by atoms with Gasteiger partial charge in [-0.1, -0.05) is 18.2 Å². The summed E-state index contributed by atoms with van der Waals surface area (Å²) < 4.78 is 6.41. The summed E-state index contributed by atoms with van der Waals surface area (Å²) in [5, 5.41) is 3.72. The highest BCUT2D eigenvalue weighted by atomic mass is 32.1. The lowest BCUT2D eigenvalue weighted by Crippen LogP contribution is -2.13. The molecular weight excluding hydrogens is 358 g/mol. The van der Waals surface area contributed by atoms with E-state index in [0.717, 1.165) is 26.4 Å². The molecule has 1 N–H and O–H groups in total. The number of carbonyl (C=O) groups is 1. The Morgan fingerprint density at radius 1 is 1.11 bits per heavy atom. The number of carbonyl (C=O) groups excluding carboxylic acids is 1. The summed E-state index contributed by atoms with van der Waals surface area (Å²) in [5.41, 5.74) is 3.40. The van der Waals surface area contributed by atoms with Gasteiger partial charge in [-0.15, -0.1) is 11.3 Å². The van der Waals surface area contributed by atoms with Gasteiger partial charge in [-0.3, -0.25) is 4.79 Å². The molecule has 5 nitrogen and oxygen atoms in total. The maximum absolute atomic E-state index is 12.4. The predicted octanol–water partition coefficient (Wildman–Crippen LogP) is 4.93. The summed E-state index contributed by atoms with van der Waals surface area (Å²) in [7, 11) is 1.59. The van der Waals surface area contributed by atoms with Crippen LogP contribution in [0.4, 0.5) is 5.82 Å². The summed E-state index contributed by atoms with van der Waals surface area (Å²) in [6.07, 6.45) is 1.73. The van der Waals surface area contributed by atoms with Crippen LogP contribution in [0.25, 0.3) is 20.8 Å². The number of para-hydroxylation sites is 1. The fourth-order valence-corrected chi connectivity index (χ4v) is 3.70. The lowest BCUT2D eigenvalue weighted by Gasteiger charge is -2.08. The van der Waals surface area contributed by atoms with Crippen molar-refractivity contribution in [3.63, 3.8) is 0 Å². The molecule has 2 aromatic carbocycles. The summed E-state index contributed by atoms with van der Waals surface area (Å²) in [5.74, 6) is 0.944. The molecule has 6 heteroatoms. The van der Waals surface area contributed by atoms with E-state index in [4.69, 9.17) is 4.74 Å². The van der Waals surface area contributed by atoms with Gasteiger partial charge in [0, 0.05) is 17.3 Å². The fraction of sp³-hybridized carbons (Fsp3) is 0.0952. The molecular formula is C21H17N3O2S. The number of hydrogen-bond donors (Lipinski definition) is 1. The summed E-state index contributed by atoms with van der Waals surface area (Å²) in [4.78, 5) is 21.4. The second-order valence-electron chi connectivity index (χ2n) is 6.06. The van der Waals surface area contributed by atoms with Crippen LogP contribution in [0.3, 0.4) is 0 Å². The molecule has 4 aromatic rings. The molecule has 0 unspecified atom stereocenters. The number of benzene rings is 2. The Labute approximate surface area is 160 Å². The van der Waals surface area contributed by atoms with Crippen molar-refractivity contribution >= 4 is 33.3 Å². The standard InChI is InChI=1S/C21H17N3O2S/c1-13-7-8-14(11-17(13)26-2)20(25)24-19-10-9-15(12-22-19)21-23-16-5-3-4-6-18(16)27-21/h3-12H,1-2H3,(H,22,24,25). The molecule has 134 valence electrons. The van der Waals surface area contributed by atoms with Crippen molar-refractivity contribution in [3.05, 3.63) is 71.9 Å². The number of nitrogens with zero attached hydrogens (tertiary/aromatic N) is 2. The second kappa shape index (κ2) is 7.17. The van der Waals surface area contributed by atoms with Crippen LogP contribution >= 0.6 is 11.3 Å². The minimum Gasteiger partial charge on any atom is -0.496 e. The molecule has 0 radical (unpaired) electrons. The van der Waals surface area contributed by atoms with E-state index >= 15 is 0 Å². The highest BCUT2D eigenvalue weighted by Crippen LogP contribution is 2.30. The van der Waals surface area contributed by atoms with Crippen LogP contribution in [0, 0.1) is 6.92 Å². The average Bonchev–Trinajstić information content (AvgIpc) is 3.13. The van der Waals surface area contributed by atoms with Crippen molar-refractivity contribution in [1.82, 2.24) is 9.97 Å². The van der Waals surface area contributed by atoms with Crippen LogP contribution in [0.5, 0.6) is 5.75 Å². The van der Waals surface area contributed by atoms with E-state index in [2.05, 4.69) is 15.3 Å². The van der Waals surface area contributed by atoms with Crippen molar-refractivity contribution in [1.29, 1.82) is 0 Å². The van der Waals surface area contributed by atoms with Gasteiger partial charge < -0.3 is 10.1 Å². The zero-order valence-electron chi connectivity index (χ0n) is 14.9. The number of nitrogens with one attached hydrogen (secondary N) is 1. The molecule has 4 rings (SSSR count). The number of aryl methyl sites for hydroxylation is 1. The molecule has 0 saturated heterocycles. The highest BCUT2D eigenvalue weighted by molar-refractivity contribution is 7.21. The highest BCUT2D eigenvalue weighted by Gasteiger charge is 2.11. The molecule has 1 amide bonds. The first-order valence-electron chi connectivity index (χ1n) is 8.42. The third-order valence-electron chi connectivity index (χ3n) is 4.22. The molecule has 0 aliphatic carbocycles. The van der Waals surface area contributed by atoms with Gasteiger partial charge in [0.1, 0.15) is 16.6 Å². The Hall–Kier alpha value is -3.25. The van der Waals surface area contributed by atoms with E-state index in [1.807, 2.05) is 43.3 Å². The van der Waals surface area contributed by atoms with Crippen LogP contribution in [-0.4, -0.2) is 23.0 Å². The first-order chi connectivity index (χ1) is 13.1. The topological polar surface area (TPSA) is 64.1 Å². The van der Waals surface area contributed by atoms with Gasteiger partial charge in [0.05, 0.1) is 17.3 Å². The first kappa shape index (κ1) is 17.2. The second-order valence-corrected chi connectivity index (χ2v) is 7.09. The number of rotatable bonds is 4. The van der Waals surface area contributed by atoms with Gasteiger partial charge in [-0.05, 0) is 48.9 Å². The number of aromatic nitrogens is 2. The molecule has 0 spiro atoms. The summed E-state index contributed by atoms with van der Waals surface area (Å²) in [6.45, 7) is 1.93. The third kappa shape index (κ3) is 3.52. The maximum Gasteiger partial charge on any atom is 0.256 e. The minimum atomic E-state index is -0.228. The molecule has 0 saturated carbocycles. The Morgan fingerprint density at radius 3 is 2.70 bits per heavy atom. The zero-order valence-corrected chi connectivity index (χ0v) is 15.7. The number of pyridine rings is 1. The quantitative estimate of drug-likeness (QED) is 0.549. The van der Waals surface area contributed by atoms with Crippen molar-refractivity contribution in [3.8, 4) is 16.3 Å².